The highest BCUT2D eigenvalue weighted by molar-refractivity contribution is 7.32. The predicted molar refractivity (Wildman–Crippen MR) is 45.8 cm³/mol. The van der Waals surface area contributed by atoms with E-state index in [0.29, 0.717) is 0 Å². The normalized spacial score (nSPS) is 10.0. The molecule has 0 radical (unpaired) electrons. The quantitative estimate of drug-likeness (QED) is 0.535. The maximum absolute atomic E-state index is 9.44. The van der Waals surface area contributed by atoms with Gasteiger partial charge in [0.05, 0.1) is 0 Å². The lowest BCUT2D eigenvalue weighted by Crippen LogP contribution is -2.09. The predicted octanol–water partition coefficient (Wildman–Crippen LogP) is 1.46. The van der Waals surface area contributed by atoms with E-state index in [4.69, 9.17) is 16.5 Å². The number of nitrogens with one attached hydrogen (secondary N) is 1. The van der Waals surface area contributed by atoms with Gasteiger partial charge in [0, 0.05) is 4.57 Å². The molecule has 1 atom stereocenters. The van der Waals surface area contributed by atoms with Crippen molar-refractivity contribution in [1.82, 2.24) is 5.32 Å². The Morgan fingerprint density at radius 3 is 2.00 bits per heavy atom. The zero-order valence-corrected chi connectivity index (χ0v) is 8.36. The first kappa shape index (κ1) is 13.8. The van der Waals surface area contributed by atoms with Gasteiger partial charge in [0.1, 0.15) is 0 Å². The molecule has 0 aliphatic carbocycles. The number of rotatable bonds is 4. The van der Waals surface area contributed by atoms with Crippen molar-refractivity contribution in [2.75, 3.05) is 19.2 Å². The summed E-state index contributed by atoms with van der Waals surface area (Å²) in [5, 5.41) is 3.11. The molecule has 0 saturated carbocycles. The van der Waals surface area contributed by atoms with Crippen LogP contribution in [0.3, 0.4) is 0 Å². The fourth-order valence-electron chi connectivity index (χ4n) is 0.292. The van der Waals surface area contributed by atoms with Crippen LogP contribution in [-0.2, 0) is 9.09 Å². The standard InChI is InChI=1S/C4H11N.CH2ClO3P/c1-3-5-4-2;2-1-5-6(3)4/h5H,3-4H2,1-2H3;1H2/p+1. The summed E-state index contributed by atoms with van der Waals surface area (Å²) in [6.07, 6.45) is 0. The van der Waals surface area contributed by atoms with E-state index in [2.05, 4.69) is 23.7 Å². The van der Waals surface area contributed by atoms with Gasteiger partial charge in [-0.3, -0.25) is 0 Å². The molecule has 2 N–H and O–H groups in total. The fraction of sp³-hybridized carbons (Fsp3) is 1.00. The summed E-state index contributed by atoms with van der Waals surface area (Å²) in [5.74, 6) is 0. The highest BCUT2D eigenvalue weighted by Crippen LogP contribution is 2.13. The maximum Gasteiger partial charge on any atom is 0.695 e. The Morgan fingerprint density at radius 2 is 2.00 bits per heavy atom. The maximum atomic E-state index is 9.44. The van der Waals surface area contributed by atoms with E-state index in [1.807, 2.05) is 0 Å². The van der Waals surface area contributed by atoms with Gasteiger partial charge in [0.2, 0.25) is 0 Å². The summed E-state index contributed by atoms with van der Waals surface area (Å²) in [4.78, 5) is 7.75. The first-order chi connectivity index (χ1) is 5.18. The first-order valence-corrected chi connectivity index (χ1v) is 4.91. The molecule has 0 aromatic heterocycles. The average Bonchev–Trinajstić information content (AvgIpc) is 1.90. The summed E-state index contributed by atoms with van der Waals surface area (Å²) < 4.78 is 13.3. The molecule has 6 heteroatoms. The molecule has 11 heavy (non-hydrogen) atoms. The van der Waals surface area contributed by atoms with Gasteiger partial charge in [0.25, 0.3) is 0 Å². The molecule has 0 saturated heterocycles. The monoisotopic (exact) mass is 202 g/mol. The molecule has 0 bridgehead atoms. The van der Waals surface area contributed by atoms with E-state index in [0.717, 1.165) is 13.1 Å². The topological polar surface area (TPSA) is 58.6 Å². The molecular formula is C5H14ClNO3P+. The minimum atomic E-state index is -2.48. The summed E-state index contributed by atoms with van der Waals surface area (Å²) in [6, 6.07) is -0.230. The molecule has 0 aromatic rings. The van der Waals surface area contributed by atoms with Crippen LogP contribution in [0.2, 0.25) is 0 Å². The smallest absolute Gasteiger partial charge is 0.317 e. The minimum absolute atomic E-state index is 0.230. The SMILES string of the molecule is CCNCC.O=[P+](O)OCCl. The van der Waals surface area contributed by atoms with Crippen molar-refractivity contribution in [1.29, 1.82) is 0 Å². The van der Waals surface area contributed by atoms with E-state index in [-0.39, 0.29) is 6.07 Å². The van der Waals surface area contributed by atoms with E-state index in [1.165, 1.54) is 0 Å². The van der Waals surface area contributed by atoms with Gasteiger partial charge in [-0.1, -0.05) is 25.4 Å². The molecule has 0 amide bonds. The Morgan fingerprint density at radius 1 is 1.55 bits per heavy atom. The summed E-state index contributed by atoms with van der Waals surface area (Å²) in [6.45, 7) is 6.39. The van der Waals surface area contributed by atoms with Crippen LogP contribution >= 0.6 is 19.9 Å². The summed E-state index contributed by atoms with van der Waals surface area (Å²) >= 11 is 4.83. The van der Waals surface area contributed by atoms with Crippen LogP contribution < -0.4 is 5.32 Å². The van der Waals surface area contributed by atoms with Crippen LogP contribution in [0.5, 0.6) is 0 Å². The Balaban J connectivity index is 0. The highest BCUT2D eigenvalue weighted by Gasteiger charge is 2.07. The average molecular weight is 203 g/mol. The third-order valence-electron chi connectivity index (χ3n) is 0.659. The van der Waals surface area contributed by atoms with E-state index in [1.54, 1.807) is 0 Å². The van der Waals surface area contributed by atoms with E-state index >= 15 is 0 Å². The zero-order valence-electron chi connectivity index (χ0n) is 6.71. The molecule has 0 fully saturated rings. The van der Waals surface area contributed by atoms with Crippen LogP contribution in [-0.4, -0.2) is 24.0 Å². The van der Waals surface area contributed by atoms with Gasteiger partial charge in [0.15, 0.2) is 6.07 Å². The summed E-state index contributed by atoms with van der Waals surface area (Å²) in [5.41, 5.74) is 0. The van der Waals surface area contributed by atoms with Gasteiger partial charge in [-0.05, 0) is 13.1 Å². The van der Waals surface area contributed by atoms with Gasteiger partial charge in [-0.25, -0.2) is 0 Å². The number of halogens is 1. The van der Waals surface area contributed by atoms with Crippen molar-refractivity contribution < 1.29 is 14.0 Å². The number of hydrogen-bond donors (Lipinski definition) is 2. The Hall–Kier alpha value is 0.270. The van der Waals surface area contributed by atoms with Crippen molar-refractivity contribution in [3.63, 3.8) is 0 Å². The van der Waals surface area contributed by atoms with Crippen molar-refractivity contribution in [2.24, 2.45) is 0 Å². The Kier molecular flexibility index (Phi) is 16.2. The lowest BCUT2D eigenvalue weighted by atomic mass is 10.7. The molecule has 0 aromatic carbocycles. The molecule has 1 unspecified atom stereocenters. The van der Waals surface area contributed by atoms with Crippen molar-refractivity contribution in [3.8, 4) is 0 Å². The first-order valence-electron chi connectivity index (χ1n) is 3.24. The van der Waals surface area contributed by atoms with Gasteiger partial charge >= 0.3 is 8.25 Å². The van der Waals surface area contributed by atoms with E-state index in [9.17, 15) is 4.57 Å². The van der Waals surface area contributed by atoms with Crippen LogP contribution in [0.15, 0.2) is 0 Å². The lowest BCUT2D eigenvalue weighted by Gasteiger charge is -1.86. The third-order valence-corrected chi connectivity index (χ3v) is 1.27. The fourth-order valence-corrected chi connectivity index (χ4v) is 0.626. The van der Waals surface area contributed by atoms with Crippen LogP contribution in [0.4, 0.5) is 0 Å². The Labute approximate surface area is 72.8 Å². The van der Waals surface area contributed by atoms with Gasteiger partial charge in [-0.15, -0.1) is 9.42 Å². The second kappa shape index (κ2) is 12.9. The van der Waals surface area contributed by atoms with Gasteiger partial charge < -0.3 is 5.32 Å². The molecule has 0 heterocycles. The summed E-state index contributed by atoms with van der Waals surface area (Å²) in [7, 11) is -2.48. The lowest BCUT2D eigenvalue weighted by molar-refractivity contribution is 0.328. The van der Waals surface area contributed by atoms with Crippen LogP contribution in [0.25, 0.3) is 0 Å². The van der Waals surface area contributed by atoms with Crippen molar-refractivity contribution in [3.05, 3.63) is 0 Å². The molecular weight excluding hydrogens is 188 g/mol. The minimum Gasteiger partial charge on any atom is -0.317 e. The van der Waals surface area contributed by atoms with Gasteiger partial charge in [-0.2, -0.15) is 0 Å². The number of hydrogen-bond acceptors (Lipinski definition) is 3. The molecule has 4 nitrogen and oxygen atoms in total. The molecule has 0 aliphatic heterocycles. The highest BCUT2D eigenvalue weighted by atomic mass is 35.5. The molecule has 0 rings (SSSR count). The molecule has 0 spiro atoms. The second-order valence-electron chi connectivity index (χ2n) is 1.43. The van der Waals surface area contributed by atoms with Crippen LogP contribution in [0.1, 0.15) is 13.8 Å². The third kappa shape index (κ3) is 25.3. The molecule has 68 valence electrons. The second-order valence-corrected chi connectivity index (χ2v) is 2.39. The molecule has 0 aliphatic rings. The van der Waals surface area contributed by atoms with E-state index < -0.39 is 8.25 Å². The largest absolute Gasteiger partial charge is 0.695 e. The number of alkyl halides is 1. The van der Waals surface area contributed by atoms with Crippen molar-refractivity contribution in [2.45, 2.75) is 13.8 Å². The Bertz CT molecular complexity index is 91.8. The van der Waals surface area contributed by atoms with Crippen molar-refractivity contribution >= 4 is 19.9 Å². The van der Waals surface area contributed by atoms with Crippen LogP contribution in [0, 0.1) is 0 Å². The zero-order chi connectivity index (χ0) is 9.11.